The maximum atomic E-state index is 12.4. The lowest BCUT2D eigenvalue weighted by Gasteiger charge is -2.33. The van der Waals surface area contributed by atoms with Crippen molar-refractivity contribution in [2.45, 2.75) is 38.1 Å². The van der Waals surface area contributed by atoms with Gasteiger partial charge >= 0.3 is 0 Å². The van der Waals surface area contributed by atoms with Crippen LogP contribution in [0.15, 0.2) is 11.3 Å². The first-order chi connectivity index (χ1) is 9.74. The third-order valence-corrected chi connectivity index (χ3v) is 4.09. The van der Waals surface area contributed by atoms with Crippen molar-refractivity contribution in [2.24, 2.45) is 0 Å². The van der Waals surface area contributed by atoms with Gasteiger partial charge in [0.15, 0.2) is 0 Å². The van der Waals surface area contributed by atoms with Gasteiger partial charge in [0, 0.05) is 25.3 Å². The molecule has 0 atom stereocenters. The predicted molar refractivity (Wildman–Crippen MR) is 71.5 cm³/mol. The van der Waals surface area contributed by atoms with Crippen LogP contribution in [0.3, 0.4) is 0 Å². The molecule has 2 amide bonds. The first-order valence-corrected chi connectivity index (χ1v) is 6.98. The molecule has 1 N–H and O–H groups in total. The summed E-state index contributed by atoms with van der Waals surface area (Å²) in [6, 6.07) is 0.0914. The Morgan fingerprint density at radius 3 is 2.45 bits per heavy atom. The molecular weight excluding hydrogens is 260 g/mol. The van der Waals surface area contributed by atoms with Crippen molar-refractivity contribution in [3.8, 4) is 0 Å². The van der Waals surface area contributed by atoms with E-state index >= 15 is 0 Å². The third-order valence-electron chi connectivity index (χ3n) is 4.09. The molecule has 0 saturated heterocycles. The summed E-state index contributed by atoms with van der Waals surface area (Å²) in [6.07, 6.45) is 5.23. The minimum atomic E-state index is -0.179. The summed E-state index contributed by atoms with van der Waals surface area (Å²) in [4.78, 5) is 38.5. The summed E-state index contributed by atoms with van der Waals surface area (Å²) in [6.45, 7) is 0.894. The van der Waals surface area contributed by atoms with Crippen LogP contribution < -0.4 is 0 Å². The second-order valence-electron chi connectivity index (χ2n) is 5.11. The molecule has 0 spiro atoms. The molecule has 6 nitrogen and oxygen atoms in total. The van der Waals surface area contributed by atoms with Gasteiger partial charge in [0.25, 0.3) is 11.8 Å². The zero-order chi connectivity index (χ0) is 14.7. The van der Waals surface area contributed by atoms with Crippen LogP contribution in [-0.4, -0.2) is 59.2 Å². The Balaban J connectivity index is 0.000000704. The van der Waals surface area contributed by atoms with Gasteiger partial charge in [0.1, 0.15) is 12.0 Å². The number of carbonyl (C=O) groups is 3. The smallest absolute Gasteiger partial charge is 0.277 e. The lowest BCUT2D eigenvalue weighted by atomic mass is 9.91. The van der Waals surface area contributed by atoms with Crippen LogP contribution in [0.4, 0.5) is 0 Å². The molecule has 0 radical (unpaired) electrons. The second-order valence-corrected chi connectivity index (χ2v) is 5.11. The number of aldehydes is 1. The monoisotopic (exact) mass is 280 g/mol. The molecule has 3 aliphatic rings. The number of hydrogen-bond acceptors (Lipinski definition) is 5. The van der Waals surface area contributed by atoms with Gasteiger partial charge in [0.2, 0.25) is 0 Å². The number of aliphatic hydroxyl groups is 1. The highest BCUT2D eigenvalue weighted by atomic mass is 16.2. The Morgan fingerprint density at radius 1 is 1.20 bits per heavy atom. The maximum Gasteiger partial charge on any atom is 0.277 e. The number of carbonyl (C=O) groups excluding carboxylic acids is 3. The standard InChI is InChI=1S/C13H16N2O3.CH4O/c16-8-7-14-6-2-5-10-11(14)13(18)15(12(10)17)9-3-1-4-9;1-2/h8-9H,1-7H2;2H,1H3. The molecule has 1 fully saturated rings. The van der Waals surface area contributed by atoms with Gasteiger partial charge in [-0.1, -0.05) is 0 Å². The van der Waals surface area contributed by atoms with E-state index in [1.54, 1.807) is 4.90 Å². The summed E-state index contributed by atoms with van der Waals surface area (Å²) in [7, 11) is 1.00. The number of aliphatic hydroxyl groups excluding tert-OH is 1. The molecule has 0 aromatic heterocycles. The molecule has 0 aromatic rings. The van der Waals surface area contributed by atoms with Gasteiger partial charge in [-0.05, 0) is 32.1 Å². The summed E-state index contributed by atoms with van der Waals surface area (Å²) in [5, 5.41) is 7.00. The molecule has 20 heavy (non-hydrogen) atoms. The lowest BCUT2D eigenvalue weighted by Crippen LogP contribution is -2.45. The fourth-order valence-corrected chi connectivity index (χ4v) is 2.94. The number of nitrogens with zero attached hydrogens (tertiary/aromatic N) is 2. The lowest BCUT2D eigenvalue weighted by molar-refractivity contribution is -0.142. The Bertz CT molecular complexity index is 454. The van der Waals surface area contributed by atoms with Crippen LogP contribution in [0, 0.1) is 0 Å². The minimum absolute atomic E-state index is 0.0914. The van der Waals surface area contributed by atoms with Gasteiger partial charge in [-0.15, -0.1) is 0 Å². The summed E-state index contributed by atoms with van der Waals surface area (Å²) < 4.78 is 0. The number of hydrogen-bond donors (Lipinski definition) is 1. The van der Waals surface area contributed by atoms with Crippen LogP contribution in [0.25, 0.3) is 0 Å². The zero-order valence-corrected chi connectivity index (χ0v) is 11.7. The molecule has 1 saturated carbocycles. The van der Waals surface area contributed by atoms with Crippen molar-refractivity contribution in [3.63, 3.8) is 0 Å². The van der Waals surface area contributed by atoms with E-state index in [0.29, 0.717) is 24.2 Å². The summed E-state index contributed by atoms with van der Waals surface area (Å²) in [5.74, 6) is -0.295. The largest absolute Gasteiger partial charge is 0.400 e. The van der Waals surface area contributed by atoms with Crippen LogP contribution in [0.2, 0.25) is 0 Å². The van der Waals surface area contributed by atoms with Crippen LogP contribution >= 0.6 is 0 Å². The number of rotatable bonds is 3. The second kappa shape index (κ2) is 6.17. The molecule has 3 rings (SSSR count). The Kier molecular flexibility index (Phi) is 4.54. The molecule has 0 bridgehead atoms. The van der Waals surface area contributed by atoms with E-state index in [2.05, 4.69) is 0 Å². The van der Waals surface area contributed by atoms with Gasteiger partial charge in [-0.2, -0.15) is 0 Å². The van der Waals surface area contributed by atoms with E-state index in [4.69, 9.17) is 5.11 Å². The highest BCUT2D eigenvalue weighted by Gasteiger charge is 2.46. The number of imide groups is 1. The van der Waals surface area contributed by atoms with Gasteiger partial charge in [-0.3, -0.25) is 14.5 Å². The molecule has 0 unspecified atom stereocenters. The van der Waals surface area contributed by atoms with Crippen molar-refractivity contribution < 1.29 is 19.5 Å². The van der Waals surface area contributed by atoms with E-state index in [0.717, 1.165) is 39.1 Å². The zero-order valence-electron chi connectivity index (χ0n) is 11.7. The molecule has 2 aliphatic heterocycles. The number of amides is 2. The summed E-state index contributed by atoms with van der Waals surface area (Å²) >= 11 is 0. The van der Waals surface area contributed by atoms with E-state index in [1.807, 2.05) is 0 Å². The van der Waals surface area contributed by atoms with Crippen molar-refractivity contribution in [2.75, 3.05) is 20.2 Å². The molecule has 2 heterocycles. The molecule has 6 heteroatoms. The average Bonchev–Trinajstić information content (AvgIpc) is 2.66. The van der Waals surface area contributed by atoms with E-state index < -0.39 is 0 Å². The van der Waals surface area contributed by atoms with E-state index in [1.165, 1.54) is 4.90 Å². The minimum Gasteiger partial charge on any atom is -0.400 e. The topological polar surface area (TPSA) is 77.9 Å². The van der Waals surface area contributed by atoms with E-state index in [-0.39, 0.29) is 24.4 Å². The highest BCUT2D eigenvalue weighted by molar-refractivity contribution is 6.19. The average molecular weight is 280 g/mol. The Morgan fingerprint density at radius 2 is 1.90 bits per heavy atom. The fourth-order valence-electron chi connectivity index (χ4n) is 2.94. The van der Waals surface area contributed by atoms with Crippen LogP contribution in [0.1, 0.15) is 32.1 Å². The first kappa shape index (κ1) is 14.7. The highest BCUT2D eigenvalue weighted by Crippen LogP contribution is 2.36. The van der Waals surface area contributed by atoms with Gasteiger partial charge in [0.05, 0.1) is 6.54 Å². The molecule has 0 aromatic carbocycles. The van der Waals surface area contributed by atoms with Crippen molar-refractivity contribution >= 4 is 18.1 Å². The fraction of sp³-hybridized carbons (Fsp3) is 0.643. The maximum absolute atomic E-state index is 12.4. The summed E-state index contributed by atoms with van der Waals surface area (Å²) in [5.41, 5.74) is 1.12. The van der Waals surface area contributed by atoms with Crippen molar-refractivity contribution in [3.05, 3.63) is 11.3 Å². The SMILES string of the molecule is CO.O=CCN1CCCC2=C1C(=O)N(C1CCC1)C2=O. The van der Waals surface area contributed by atoms with Crippen molar-refractivity contribution in [1.82, 2.24) is 9.80 Å². The van der Waals surface area contributed by atoms with Crippen LogP contribution in [-0.2, 0) is 14.4 Å². The normalized spacial score (nSPS) is 22.3. The molecular formula is C14H20N2O4. The van der Waals surface area contributed by atoms with Gasteiger partial charge in [-0.25, -0.2) is 0 Å². The predicted octanol–water partition coefficient (Wildman–Crippen LogP) is 0.0650. The van der Waals surface area contributed by atoms with E-state index in [9.17, 15) is 14.4 Å². The molecule has 110 valence electrons. The van der Waals surface area contributed by atoms with Crippen LogP contribution in [0.5, 0.6) is 0 Å². The third kappa shape index (κ3) is 2.24. The van der Waals surface area contributed by atoms with Crippen molar-refractivity contribution in [1.29, 1.82) is 0 Å². The van der Waals surface area contributed by atoms with Gasteiger partial charge < -0.3 is 14.8 Å². The Labute approximate surface area is 118 Å². The Hall–Kier alpha value is -1.69. The quantitative estimate of drug-likeness (QED) is 0.584. The first-order valence-electron chi connectivity index (χ1n) is 6.98. The molecule has 1 aliphatic carbocycles.